The Morgan fingerprint density at radius 3 is 2.38 bits per heavy atom. The lowest BCUT2D eigenvalue weighted by atomic mass is 10.1. The van der Waals surface area contributed by atoms with E-state index < -0.39 is 9.05 Å². The lowest BCUT2D eigenvalue weighted by Crippen LogP contribution is -2.48. The summed E-state index contributed by atoms with van der Waals surface area (Å²) in [5.74, 6) is -0.278. The minimum atomic E-state index is -3.54. The fourth-order valence-corrected chi connectivity index (χ4v) is 4.51. The Labute approximate surface area is 130 Å². The zero-order chi connectivity index (χ0) is 15.6. The van der Waals surface area contributed by atoms with Crippen LogP contribution in [0, 0.1) is 5.92 Å². The maximum atomic E-state index is 11.9. The quantitative estimate of drug-likeness (QED) is 0.683. The predicted octanol–water partition coefficient (Wildman–Crippen LogP) is 0.513. The van der Waals surface area contributed by atoms with Gasteiger partial charge in [0.15, 0.2) is 0 Å². The van der Waals surface area contributed by atoms with Crippen LogP contribution in [0.15, 0.2) is 0 Å². The number of rotatable bonds is 5. The van der Waals surface area contributed by atoms with Crippen LogP contribution in [-0.2, 0) is 18.6 Å². The molecule has 3 atom stereocenters. The second-order valence-electron chi connectivity index (χ2n) is 6.13. The van der Waals surface area contributed by atoms with E-state index in [2.05, 4.69) is 4.90 Å². The molecule has 0 aliphatic carbocycles. The molecule has 0 aromatic rings. The lowest BCUT2D eigenvalue weighted by Gasteiger charge is -2.36. The monoisotopic (exact) mass is 338 g/mol. The molecule has 0 aromatic carbocycles. The minimum absolute atomic E-state index is 0.0228. The number of morpholine rings is 1. The molecule has 1 amide bonds. The molecule has 0 spiro atoms. The summed E-state index contributed by atoms with van der Waals surface area (Å²) >= 11 is 0. The van der Waals surface area contributed by atoms with Gasteiger partial charge in [-0.25, -0.2) is 8.42 Å². The average molecular weight is 339 g/mol. The standard InChI is InChI=1S/C13H23ClN2O4S/c1-10-6-15(7-11(2)20-10)3-4-16-8-12(5-13(16)17)9-21(14,18)19/h10-12H,3-9H2,1-2H3/t10-,11+,12?. The van der Waals surface area contributed by atoms with Crippen LogP contribution in [-0.4, -0.2) is 74.8 Å². The molecule has 2 aliphatic heterocycles. The van der Waals surface area contributed by atoms with Crippen LogP contribution >= 0.6 is 10.7 Å². The van der Waals surface area contributed by atoms with E-state index in [1.54, 1.807) is 4.90 Å². The van der Waals surface area contributed by atoms with E-state index in [0.717, 1.165) is 19.6 Å². The van der Waals surface area contributed by atoms with Crippen molar-refractivity contribution in [2.75, 3.05) is 38.5 Å². The van der Waals surface area contributed by atoms with Crippen molar-refractivity contribution in [3.63, 3.8) is 0 Å². The minimum Gasteiger partial charge on any atom is -0.373 e. The molecule has 122 valence electrons. The van der Waals surface area contributed by atoms with Crippen molar-refractivity contribution in [1.29, 1.82) is 0 Å². The van der Waals surface area contributed by atoms with E-state index in [0.29, 0.717) is 13.1 Å². The van der Waals surface area contributed by atoms with Crippen molar-refractivity contribution in [3.8, 4) is 0 Å². The molecule has 0 saturated carbocycles. The van der Waals surface area contributed by atoms with Crippen molar-refractivity contribution >= 4 is 25.6 Å². The zero-order valence-electron chi connectivity index (χ0n) is 12.5. The highest BCUT2D eigenvalue weighted by molar-refractivity contribution is 8.13. The van der Waals surface area contributed by atoms with Gasteiger partial charge < -0.3 is 9.64 Å². The number of ether oxygens (including phenoxy) is 1. The Kier molecular flexibility index (Phi) is 5.51. The van der Waals surface area contributed by atoms with Crippen LogP contribution in [0.5, 0.6) is 0 Å². The van der Waals surface area contributed by atoms with E-state index in [-0.39, 0.29) is 36.2 Å². The number of hydrogen-bond donors (Lipinski definition) is 0. The molecule has 2 aliphatic rings. The van der Waals surface area contributed by atoms with Gasteiger partial charge >= 0.3 is 0 Å². The SMILES string of the molecule is C[C@@H]1CN(CCN2CC(CS(=O)(=O)Cl)CC2=O)C[C@H](C)O1. The van der Waals surface area contributed by atoms with Crippen LogP contribution in [0.4, 0.5) is 0 Å². The third-order valence-electron chi connectivity index (χ3n) is 3.91. The number of hydrogen-bond acceptors (Lipinski definition) is 5. The predicted molar refractivity (Wildman–Crippen MR) is 80.8 cm³/mol. The highest BCUT2D eigenvalue weighted by atomic mass is 35.7. The molecular weight excluding hydrogens is 316 g/mol. The van der Waals surface area contributed by atoms with E-state index in [4.69, 9.17) is 15.4 Å². The average Bonchev–Trinajstić information content (AvgIpc) is 2.63. The number of amides is 1. The number of carbonyl (C=O) groups is 1. The van der Waals surface area contributed by atoms with Gasteiger partial charge in [0.2, 0.25) is 15.0 Å². The molecule has 0 aromatic heterocycles. The van der Waals surface area contributed by atoms with Gasteiger partial charge in [-0.15, -0.1) is 0 Å². The Hall–Kier alpha value is -0.370. The van der Waals surface area contributed by atoms with Crippen molar-refractivity contribution in [2.24, 2.45) is 5.92 Å². The summed E-state index contributed by atoms with van der Waals surface area (Å²) in [6.45, 7) is 7.75. The molecule has 2 saturated heterocycles. The second-order valence-corrected chi connectivity index (χ2v) is 8.95. The molecule has 21 heavy (non-hydrogen) atoms. The van der Waals surface area contributed by atoms with E-state index in [1.165, 1.54) is 0 Å². The first-order chi connectivity index (χ1) is 9.73. The van der Waals surface area contributed by atoms with Gasteiger partial charge in [-0.2, -0.15) is 0 Å². The highest BCUT2D eigenvalue weighted by Gasteiger charge is 2.32. The van der Waals surface area contributed by atoms with Gasteiger partial charge in [0.05, 0.1) is 18.0 Å². The van der Waals surface area contributed by atoms with E-state index in [9.17, 15) is 13.2 Å². The summed E-state index contributed by atoms with van der Waals surface area (Å²) in [6, 6.07) is 0. The fourth-order valence-electron chi connectivity index (χ4n) is 3.19. The van der Waals surface area contributed by atoms with Gasteiger partial charge in [0.1, 0.15) is 0 Å². The Morgan fingerprint density at radius 1 is 1.19 bits per heavy atom. The van der Waals surface area contributed by atoms with Gasteiger partial charge in [-0.05, 0) is 13.8 Å². The van der Waals surface area contributed by atoms with E-state index in [1.807, 2.05) is 13.8 Å². The number of nitrogens with zero attached hydrogens (tertiary/aromatic N) is 2. The largest absolute Gasteiger partial charge is 0.373 e. The molecule has 8 heteroatoms. The highest BCUT2D eigenvalue weighted by Crippen LogP contribution is 2.21. The van der Waals surface area contributed by atoms with Crippen LogP contribution < -0.4 is 0 Å². The van der Waals surface area contributed by atoms with Crippen molar-refractivity contribution < 1.29 is 17.9 Å². The molecule has 0 bridgehead atoms. The number of carbonyl (C=O) groups excluding carboxylic acids is 1. The first kappa shape index (κ1) is 17.0. The molecular formula is C13H23ClN2O4S. The zero-order valence-corrected chi connectivity index (χ0v) is 14.1. The first-order valence-corrected chi connectivity index (χ1v) is 9.78. The summed E-state index contributed by atoms with van der Waals surface area (Å²) < 4.78 is 27.9. The fraction of sp³-hybridized carbons (Fsp3) is 0.923. The molecule has 0 N–H and O–H groups in total. The van der Waals surface area contributed by atoms with Gasteiger partial charge in [-0.1, -0.05) is 0 Å². The van der Waals surface area contributed by atoms with Crippen LogP contribution in [0.1, 0.15) is 20.3 Å². The smallest absolute Gasteiger partial charge is 0.232 e. The van der Waals surface area contributed by atoms with Crippen molar-refractivity contribution in [1.82, 2.24) is 9.80 Å². The van der Waals surface area contributed by atoms with E-state index >= 15 is 0 Å². The molecule has 2 fully saturated rings. The van der Waals surface area contributed by atoms with Crippen LogP contribution in [0.3, 0.4) is 0 Å². The Bertz CT molecular complexity index is 475. The normalized spacial score (nSPS) is 31.9. The van der Waals surface area contributed by atoms with Crippen molar-refractivity contribution in [2.45, 2.75) is 32.5 Å². The molecule has 1 unspecified atom stereocenters. The summed E-state index contributed by atoms with van der Waals surface area (Å²) in [6.07, 6.45) is 0.691. The Balaban J connectivity index is 1.79. The number of halogens is 1. The topological polar surface area (TPSA) is 66.9 Å². The molecule has 2 heterocycles. The summed E-state index contributed by atoms with van der Waals surface area (Å²) in [5, 5.41) is 0. The molecule has 0 radical (unpaired) electrons. The van der Waals surface area contributed by atoms with Crippen molar-refractivity contribution in [3.05, 3.63) is 0 Å². The molecule has 2 rings (SSSR count). The van der Waals surface area contributed by atoms with Crippen LogP contribution in [0.2, 0.25) is 0 Å². The maximum Gasteiger partial charge on any atom is 0.232 e. The van der Waals surface area contributed by atoms with Gasteiger partial charge in [0, 0.05) is 55.7 Å². The number of likely N-dealkylation sites (tertiary alicyclic amines) is 1. The molecule has 6 nitrogen and oxygen atoms in total. The second kappa shape index (κ2) is 6.81. The third-order valence-corrected chi connectivity index (χ3v) is 5.16. The van der Waals surface area contributed by atoms with Crippen LogP contribution in [0.25, 0.3) is 0 Å². The third kappa shape index (κ3) is 5.39. The Morgan fingerprint density at radius 2 is 1.81 bits per heavy atom. The lowest BCUT2D eigenvalue weighted by molar-refractivity contribution is -0.128. The van der Waals surface area contributed by atoms with Gasteiger partial charge in [0.25, 0.3) is 0 Å². The maximum absolute atomic E-state index is 11.9. The summed E-state index contributed by atoms with van der Waals surface area (Å²) in [7, 11) is 1.72. The first-order valence-electron chi connectivity index (χ1n) is 7.31. The van der Waals surface area contributed by atoms with Gasteiger partial charge in [-0.3, -0.25) is 9.69 Å². The summed E-state index contributed by atoms with van der Waals surface area (Å²) in [5.41, 5.74) is 0. The summed E-state index contributed by atoms with van der Waals surface area (Å²) in [4.78, 5) is 16.0.